The monoisotopic (exact) mass is 482 g/mol. The van der Waals surface area contributed by atoms with Crippen LogP contribution < -0.4 is 15.3 Å². The Morgan fingerprint density at radius 2 is 1.56 bits per heavy atom. The number of carbonyl (C=O) groups excluding carboxylic acids is 1. The number of nitrogens with zero attached hydrogens (tertiary/aromatic N) is 3. The Labute approximate surface area is 195 Å². The molecule has 0 spiro atoms. The first-order chi connectivity index (χ1) is 16.1. The van der Waals surface area contributed by atoms with Crippen molar-refractivity contribution in [3.63, 3.8) is 0 Å². The van der Waals surface area contributed by atoms with Crippen LogP contribution in [-0.2, 0) is 28.9 Å². The number of aryl methyl sites for hydroxylation is 3. The van der Waals surface area contributed by atoms with E-state index in [1.165, 1.54) is 9.13 Å². The number of hydrogen-bond donors (Lipinski definition) is 1. The van der Waals surface area contributed by atoms with Crippen LogP contribution in [0.3, 0.4) is 0 Å². The standard InChI is InChI=1S/C24H23FN4O4S/c1-16-4-9-19(10-5-16)29(34(32,33)20-11-6-17(25)7-12-20)15-23(30)26-18-8-13-21-22(14-18)28(3)24(31)27(21)2/h4-14H,15H2,1-3H3,(H,26,30). The third-order valence-electron chi connectivity index (χ3n) is 5.57. The Kier molecular flexibility index (Phi) is 6.01. The quantitative estimate of drug-likeness (QED) is 0.457. The molecule has 0 fully saturated rings. The van der Waals surface area contributed by atoms with Crippen LogP contribution >= 0.6 is 0 Å². The summed E-state index contributed by atoms with van der Waals surface area (Å²) in [4.78, 5) is 25.0. The van der Waals surface area contributed by atoms with Gasteiger partial charge < -0.3 is 5.32 Å². The maximum atomic E-state index is 13.4. The highest BCUT2D eigenvalue weighted by Gasteiger charge is 2.27. The Morgan fingerprint density at radius 1 is 0.941 bits per heavy atom. The van der Waals surface area contributed by atoms with Gasteiger partial charge in [0.05, 0.1) is 21.6 Å². The fourth-order valence-electron chi connectivity index (χ4n) is 3.68. The van der Waals surface area contributed by atoms with Crippen LogP contribution in [0.4, 0.5) is 15.8 Å². The van der Waals surface area contributed by atoms with Crippen molar-refractivity contribution in [2.24, 2.45) is 14.1 Å². The summed E-state index contributed by atoms with van der Waals surface area (Å²) in [5.41, 5.74) is 2.77. The molecule has 0 aliphatic rings. The second kappa shape index (κ2) is 8.79. The summed E-state index contributed by atoms with van der Waals surface area (Å²) in [6.45, 7) is 1.36. The molecule has 0 radical (unpaired) electrons. The number of nitrogens with one attached hydrogen (secondary N) is 1. The number of carbonyl (C=O) groups is 1. The number of aromatic nitrogens is 2. The predicted molar refractivity (Wildman–Crippen MR) is 129 cm³/mol. The van der Waals surface area contributed by atoms with Gasteiger partial charge in [0.15, 0.2) is 0 Å². The van der Waals surface area contributed by atoms with Crippen molar-refractivity contribution in [3.8, 4) is 0 Å². The third kappa shape index (κ3) is 4.32. The van der Waals surface area contributed by atoms with Gasteiger partial charge in [-0.15, -0.1) is 0 Å². The lowest BCUT2D eigenvalue weighted by Crippen LogP contribution is -2.38. The molecule has 1 amide bonds. The lowest BCUT2D eigenvalue weighted by molar-refractivity contribution is -0.114. The molecule has 1 aromatic heterocycles. The van der Waals surface area contributed by atoms with Crippen LogP contribution in [0, 0.1) is 12.7 Å². The van der Waals surface area contributed by atoms with E-state index < -0.39 is 28.3 Å². The lowest BCUT2D eigenvalue weighted by Gasteiger charge is -2.24. The smallest absolute Gasteiger partial charge is 0.324 e. The van der Waals surface area contributed by atoms with Gasteiger partial charge in [0.2, 0.25) is 5.91 Å². The fourth-order valence-corrected chi connectivity index (χ4v) is 5.10. The number of amides is 1. The van der Waals surface area contributed by atoms with E-state index in [4.69, 9.17) is 0 Å². The first-order valence-electron chi connectivity index (χ1n) is 10.4. The summed E-state index contributed by atoms with van der Waals surface area (Å²) in [5.74, 6) is -1.14. The van der Waals surface area contributed by atoms with Crippen LogP contribution in [0.1, 0.15) is 5.56 Å². The largest absolute Gasteiger partial charge is 0.328 e. The van der Waals surface area contributed by atoms with Crippen molar-refractivity contribution in [1.29, 1.82) is 0 Å². The minimum atomic E-state index is -4.16. The van der Waals surface area contributed by atoms with Crippen molar-refractivity contribution in [2.75, 3.05) is 16.2 Å². The predicted octanol–water partition coefficient (Wildman–Crippen LogP) is 3.16. The molecule has 0 saturated carbocycles. The van der Waals surface area contributed by atoms with Gasteiger partial charge in [-0.2, -0.15) is 0 Å². The number of sulfonamides is 1. The van der Waals surface area contributed by atoms with Gasteiger partial charge in [0.1, 0.15) is 12.4 Å². The molecule has 4 rings (SSSR count). The van der Waals surface area contributed by atoms with E-state index in [0.29, 0.717) is 22.4 Å². The number of fused-ring (bicyclic) bond motifs is 1. The second-order valence-corrected chi connectivity index (χ2v) is 9.82. The minimum absolute atomic E-state index is 0.136. The normalized spacial score (nSPS) is 11.5. The maximum absolute atomic E-state index is 13.4. The van der Waals surface area contributed by atoms with Crippen LogP contribution in [0.2, 0.25) is 0 Å². The molecule has 0 bridgehead atoms. The molecular formula is C24H23FN4O4S. The van der Waals surface area contributed by atoms with Crippen LogP contribution in [0.15, 0.2) is 76.4 Å². The van der Waals surface area contributed by atoms with Gasteiger partial charge in [-0.05, 0) is 61.5 Å². The molecule has 10 heteroatoms. The minimum Gasteiger partial charge on any atom is -0.324 e. The lowest BCUT2D eigenvalue weighted by atomic mass is 10.2. The molecule has 34 heavy (non-hydrogen) atoms. The third-order valence-corrected chi connectivity index (χ3v) is 7.35. The van der Waals surface area contributed by atoms with Gasteiger partial charge in [0.25, 0.3) is 10.0 Å². The molecule has 8 nitrogen and oxygen atoms in total. The summed E-state index contributed by atoms with van der Waals surface area (Å²) in [6.07, 6.45) is 0. The van der Waals surface area contributed by atoms with E-state index in [1.807, 2.05) is 6.92 Å². The average Bonchev–Trinajstić information content (AvgIpc) is 3.02. The summed E-state index contributed by atoms with van der Waals surface area (Å²) in [5, 5.41) is 2.70. The molecular weight excluding hydrogens is 459 g/mol. The van der Waals surface area contributed by atoms with Crippen LogP contribution in [-0.4, -0.2) is 30.0 Å². The molecule has 4 aromatic rings. The number of anilines is 2. The first-order valence-corrected chi connectivity index (χ1v) is 11.8. The van der Waals surface area contributed by atoms with Crippen molar-refractivity contribution in [2.45, 2.75) is 11.8 Å². The molecule has 1 N–H and O–H groups in total. The topological polar surface area (TPSA) is 93.4 Å². The van der Waals surface area contributed by atoms with E-state index in [-0.39, 0.29) is 10.6 Å². The zero-order valence-electron chi connectivity index (χ0n) is 18.8. The molecule has 0 aliphatic carbocycles. The SMILES string of the molecule is Cc1ccc(N(CC(=O)Nc2ccc3c(c2)n(C)c(=O)n3C)S(=O)(=O)c2ccc(F)cc2)cc1. The zero-order valence-corrected chi connectivity index (χ0v) is 19.6. The Balaban J connectivity index is 1.66. The molecule has 1 heterocycles. The van der Waals surface area contributed by atoms with Crippen molar-refractivity contribution in [3.05, 3.63) is 88.6 Å². The number of halogens is 1. The molecule has 176 valence electrons. The van der Waals surface area contributed by atoms with Gasteiger partial charge in [-0.1, -0.05) is 17.7 Å². The van der Waals surface area contributed by atoms with E-state index in [9.17, 15) is 22.4 Å². The molecule has 0 unspecified atom stereocenters. The van der Waals surface area contributed by atoms with E-state index in [2.05, 4.69) is 5.32 Å². The molecule has 0 atom stereocenters. The van der Waals surface area contributed by atoms with Crippen LogP contribution in [0.25, 0.3) is 11.0 Å². The van der Waals surface area contributed by atoms with E-state index in [0.717, 1.165) is 34.1 Å². The Morgan fingerprint density at radius 3 is 2.21 bits per heavy atom. The Hall–Kier alpha value is -3.92. The zero-order chi connectivity index (χ0) is 24.6. The molecule has 0 saturated heterocycles. The average molecular weight is 483 g/mol. The van der Waals surface area contributed by atoms with Crippen molar-refractivity contribution < 1.29 is 17.6 Å². The van der Waals surface area contributed by atoms with Gasteiger partial charge in [-0.3, -0.25) is 18.2 Å². The highest BCUT2D eigenvalue weighted by Crippen LogP contribution is 2.25. The summed E-state index contributed by atoms with van der Waals surface area (Å²) >= 11 is 0. The van der Waals surface area contributed by atoms with Gasteiger partial charge in [0, 0.05) is 19.8 Å². The number of hydrogen-bond acceptors (Lipinski definition) is 4. The summed E-state index contributed by atoms with van der Waals surface area (Å²) in [6, 6.07) is 16.1. The summed E-state index contributed by atoms with van der Waals surface area (Å²) in [7, 11) is -0.873. The number of imidazole rings is 1. The number of rotatable bonds is 6. The fraction of sp³-hybridized carbons (Fsp3) is 0.167. The highest BCUT2D eigenvalue weighted by atomic mass is 32.2. The van der Waals surface area contributed by atoms with Crippen molar-refractivity contribution in [1.82, 2.24) is 9.13 Å². The number of benzene rings is 3. The summed E-state index contributed by atoms with van der Waals surface area (Å²) < 4.78 is 44.0. The van der Waals surface area contributed by atoms with Crippen molar-refractivity contribution >= 4 is 38.3 Å². The van der Waals surface area contributed by atoms with Gasteiger partial charge in [-0.25, -0.2) is 17.6 Å². The second-order valence-electron chi connectivity index (χ2n) is 7.95. The molecule has 0 aliphatic heterocycles. The van der Waals surface area contributed by atoms with Gasteiger partial charge >= 0.3 is 5.69 Å². The van der Waals surface area contributed by atoms with E-state index in [1.54, 1.807) is 56.6 Å². The first kappa shape index (κ1) is 23.2. The molecule has 3 aromatic carbocycles. The highest BCUT2D eigenvalue weighted by molar-refractivity contribution is 7.92. The maximum Gasteiger partial charge on any atom is 0.328 e. The van der Waals surface area contributed by atoms with E-state index >= 15 is 0 Å². The van der Waals surface area contributed by atoms with Crippen LogP contribution in [0.5, 0.6) is 0 Å². The Bertz CT molecular complexity index is 1540.